The van der Waals surface area contributed by atoms with Gasteiger partial charge in [0.1, 0.15) is 0 Å². The van der Waals surface area contributed by atoms with E-state index in [1.165, 1.54) is 10.6 Å². The van der Waals surface area contributed by atoms with Crippen LogP contribution in [0, 0.1) is 0 Å². The van der Waals surface area contributed by atoms with E-state index in [9.17, 15) is 0 Å². The standard InChI is InChI=1S/C11H17N3S/c1-15-11-2-3-13-10(8-11)9-14-6-4-12-5-7-14/h2-3,8,12H,4-7,9H2,1H3. The van der Waals surface area contributed by atoms with Crippen molar-refractivity contribution in [2.75, 3.05) is 32.4 Å². The topological polar surface area (TPSA) is 28.2 Å². The molecule has 4 heteroatoms. The third kappa shape index (κ3) is 3.19. The molecule has 1 fully saturated rings. The van der Waals surface area contributed by atoms with Crippen LogP contribution in [0.25, 0.3) is 0 Å². The van der Waals surface area contributed by atoms with Crippen LogP contribution in [0.5, 0.6) is 0 Å². The zero-order chi connectivity index (χ0) is 10.5. The van der Waals surface area contributed by atoms with Gasteiger partial charge in [0.05, 0.1) is 5.69 Å². The number of rotatable bonds is 3. The highest BCUT2D eigenvalue weighted by molar-refractivity contribution is 7.98. The number of thioether (sulfide) groups is 1. The summed E-state index contributed by atoms with van der Waals surface area (Å²) in [7, 11) is 0. The second-order valence-corrected chi connectivity index (χ2v) is 4.59. The monoisotopic (exact) mass is 223 g/mol. The normalized spacial score (nSPS) is 17.9. The molecule has 0 amide bonds. The van der Waals surface area contributed by atoms with Crippen LogP contribution in [-0.4, -0.2) is 42.3 Å². The van der Waals surface area contributed by atoms with Crippen LogP contribution in [0.1, 0.15) is 5.69 Å². The van der Waals surface area contributed by atoms with Crippen molar-refractivity contribution in [3.8, 4) is 0 Å². The van der Waals surface area contributed by atoms with Gasteiger partial charge in [-0.2, -0.15) is 0 Å². The van der Waals surface area contributed by atoms with Crippen LogP contribution in [0.3, 0.4) is 0 Å². The summed E-state index contributed by atoms with van der Waals surface area (Å²) in [6, 6.07) is 4.25. The van der Waals surface area contributed by atoms with Crippen LogP contribution in [0.4, 0.5) is 0 Å². The van der Waals surface area contributed by atoms with Gasteiger partial charge in [0, 0.05) is 43.8 Å². The Labute approximate surface area is 95.3 Å². The molecule has 0 aliphatic carbocycles. The average Bonchev–Trinajstić information content (AvgIpc) is 2.31. The van der Waals surface area contributed by atoms with Crippen molar-refractivity contribution in [3.05, 3.63) is 24.0 Å². The van der Waals surface area contributed by atoms with E-state index in [1.807, 2.05) is 6.20 Å². The Balaban J connectivity index is 1.96. The van der Waals surface area contributed by atoms with Crippen molar-refractivity contribution in [3.63, 3.8) is 0 Å². The second-order valence-electron chi connectivity index (χ2n) is 3.71. The quantitative estimate of drug-likeness (QED) is 0.780. The maximum absolute atomic E-state index is 4.41. The van der Waals surface area contributed by atoms with Gasteiger partial charge in [-0.05, 0) is 18.4 Å². The molecule has 2 rings (SSSR count). The number of hydrogen-bond acceptors (Lipinski definition) is 4. The van der Waals surface area contributed by atoms with E-state index < -0.39 is 0 Å². The molecule has 0 aromatic carbocycles. The van der Waals surface area contributed by atoms with E-state index >= 15 is 0 Å². The highest BCUT2D eigenvalue weighted by Gasteiger charge is 2.10. The van der Waals surface area contributed by atoms with Crippen molar-refractivity contribution in [2.45, 2.75) is 11.4 Å². The Bertz CT molecular complexity index is 310. The van der Waals surface area contributed by atoms with Crippen LogP contribution in [0.2, 0.25) is 0 Å². The largest absolute Gasteiger partial charge is 0.314 e. The minimum atomic E-state index is 0.982. The molecule has 0 radical (unpaired) electrons. The summed E-state index contributed by atoms with van der Waals surface area (Å²) >= 11 is 1.77. The molecule has 2 heterocycles. The van der Waals surface area contributed by atoms with Crippen molar-refractivity contribution in [1.29, 1.82) is 0 Å². The SMILES string of the molecule is CSc1ccnc(CN2CCNCC2)c1. The fraction of sp³-hybridized carbons (Fsp3) is 0.545. The molecule has 1 N–H and O–H groups in total. The molecule has 1 aromatic rings. The summed E-state index contributed by atoms with van der Waals surface area (Å²) in [5.74, 6) is 0. The summed E-state index contributed by atoms with van der Waals surface area (Å²) in [5, 5.41) is 3.36. The Morgan fingerprint density at radius 2 is 2.27 bits per heavy atom. The van der Waals surface area contributed by atoms with Crippen molar-refractivity contribution in [1.82, 2.24) is 15.2 Å². The van der Waals surface area contributed by atoms with Gasteiger partial charge in [0.25, 0.3) is 0 Å². The van der Waals surface area contributed by atoms with Gasteiger partial charge in [-0.15, -0.1) is 11.8 Å². The van der Waals surface area contributed by atoms with Gasteiger partial charge >= 0.3 is 0 Å². The predicted molar refractivity (Wildman–Crippen MR) is 64.2 cm³/mol. The Kier molecular flexibility index (Phi) is 4.00. The second kappa shape index (κ2) is 5.49. The molecule has 1 saturated heterocycles. The molecule has 0 spiro atoms. The molecule has 3 nitrogen and oxygen atoms in total. The number of nitrogens with one attached hydrogen (secondary N) is 1. The highest BCUT2D eigenvalue weighted by atomic mass is 32.2. The lowest BCUT2D eigenvalue weighted by Crippen LogP contribution is -2.43. The van der Waals surface area contributed by atoms with E-state index in [2.05, 4.69) is 33.6 Å². The fourth-order valence-electron chi connectivity index (χ4n) is 1.77. The van der Waals surface area contributed by atoms with Crippen LogP contribution >= 0.6 is 11.8 Å². The van der Waals surface area contributed by atoms with E-state index in [4.69, 9.17) is 0 Å². The molecule has 0 atom stereocenters. The zero-order valence-corrected chi connectivity index (χ0v) is 9.89. The molecular weight excluding hydrogens is 206 g/mol. The summed E-state index contributed by atoms with van der Waals surface area (Å²) in [4.78, 5) is 8.15. The number of aromatic nitrogens is 1. The van der Waals surface area contributed by atoms with Crippen LogP contribution in [0.15, 0.2) is 23.2 Å². The molecule has 0 saturated carbocycles. The van der Waals surface area contributed by atoms with Gasteiger partial charge in [-0.3, -0.25) is 9.88 Å². The molecule has 1 aliphatic heterocycles. The number of hydrogen-bond donors (Lipinski definition) is 1. The van der Waals surface area contributed by atoms with Gasteiger partial charge in [-0.1, -0.05) is 0 Å². The molecule has 82 valence electrons. The van der Waals surface area contributed by atoms with E-state index in [-0.39, 0.29) is 0 Å². The lowest BCUT2D eigenvalue weighted by Gasteiger charge is -2.26. The van der Waals surface area contributed by atoms with E-state index in [1.54, 1.807) is 11.8 Å². The Hall–Kier alpha value is -0.580. The summed E-state index contributed by atoms with van der Waals surface area (Å²) in [6.07, 6.45) is 4.01. The van der Waals surface area contributed by atoms with Gasteiger partial charge < -0.3 is 5.32 Å². The molecule has 0 unspecified atom stereocenters. The third-order valence-corrected chi connectivity index (χ3v) is 3.34. The first-order valence-corrected chi connectivity index (χ1v) is 6.53. The maximum atomic E-state index is 4.41. The average molecular weight is 223 g/mol. The zero-order valence-electron chi connectivity index (χ0n) is 9.07. The highest BCUT2D eigenvalue weighted by Crippen LogP contribution is 2.15. The Morgan fingerprint density at radius 1 is 1.47 bits per heavy atom. The molecule has 1 aromatic heterocycles. The lowest BCUT2D eigenvalue weighted by atomic mass is 10.3. The smallest absolute Gasteiger partial charge is 0.0555 e. The molecule has 15 heavy (non-hydrogen) atoms. The van der Waals surface area contributed by atoms with Gasteiger partial charge in [0.2, 0.25) is 0 Å². The number of pyridine rings is 1. The minimum absolute atomic E-state index is 0.982. The summed E-state index contributed by atoms with van der Waals surface area (Å²) in [6.45, 7) is 5.44. The number of piperazine rings is 1. The van der Waals surface area contributed by atoms with Gasteiger partial charge in [0.15, 0.2) is 0 Å². The summed E-state index contributed by atoms with van der Waals surface area (Å²) in [5.41, 5.74) is 1.18. The van der Waals surface area contributed by atoms with E-state index in [0.717, 1.165) is 32.7 Å². The molecule has 1 aliphatic rings. The maximum Gasteiger partial charge on any atom is 0.0555 e. The first kappa shape index (κ1) is 10.9. The number of nitrogens with zero attached hydrogens (tertiary/aromatic N) is 2. The van der Waals surface area contributed by atoms with Crippen molar-refractivity contribution >= 4 is 11.8 Å². The van der Waals surface area contributed by atoms with Crippen LogP contribution < -0.4 is 5.32 Å². The lowest BCUT2D eigenvalue weighted by molar-refractivity contribution is 0.230. The minimum Gasteiger partial charge on any atom is -0.314 e. The molecular formula is C11H17N3S. The third-order valence-electron chi connectivity index (χ3n) is 2.62. The van der Waals surface area contributed by atoms with Crippen LogP contribution in [-0.2, 0) is 6.54 Å². The first-order valence-electron chi connectivity index (χ1n) is 5.30. The summed E-state index contributed by atoms with van der Waals surface area (Å²) < 4.78 is 0. The first-order chi connectivity index (χ1) is 7.38. The molecule has 0 bridgehead atoms. The van der Waals surface area contributed by atoms with Crippen molar-refractivity contribution < 1.29 is 0 Å². The van der Waals surface area contributed by atoms with Gasteiger partial charge in [-0.25, -0.2) is 0 Å². The Morgan fingerprint density at radius 3 is 3.00 bits per heavy atom. The predicted octanol–water partition coefficient (Wildman–Crippen LogP) is 1.21. The fourth-order valence-corrected chi connectivity index (χ4v) is 2.22. The van der Waals surface area contributed by atoms with E-state index in [0.29, 0.717) is 0 Å². The van der Waals surface area contributed by atoms with Crippen molar-refractivity contribution in [2.24, 2.45) is 0 Å².